The fourth-order valence-corrected chi connectivity index (χ4v) is 4.93. The fraction of sp³-hybridized carbons (Fsp3) is 0.143. The van der Waals surface area contributed by atoms with E-state index in [9.17, 15) is 8.42 Å². The lowest BCUT2D eigenvalue weighted by molar-refractivity contribution is 0.281. The summed E-state index contributed by atoms with van der Waals surface area (Å²) < 4.78 is 27.7. The Morgan fingerprint density at radius 1 is 0.769 bits per heavy atom. The van der Waals surface area contributed by atoms with Crippen molar-refractivity contribution in [3.63, 3.8) is 0 Å². The number of hydrogen-bond acceptors (Lipinski definition) is 3. The number of sulfonamides is 1. The van der Waals surface area contributed by atoms with Gasteiger partial charge in [-0.1, -0.05) is 66.7 Å². The van der Waals surface area contributed by atoms with E-state index in [4.69, 9.17) is 0 Å². The number of para-hydroxylation sites is 1. The predicted molar refractivity (Wildman–Crippen MR) is 104 cm³/mol. The average molecular weight is 364 g/mol. The Morgan fingerprint density at radius 2 is 1.35 bits per heavy atom. The first-order valence-corrected chi connectivity index (χ1v) is 10.0. The summed E-state index contributed by atoms with van der Waals surface area (Å²) in [7, 11) is -3.51. The van der Waals surface area contributed by atoms with Crippen LogP contribution in [-0.2, 0) is 10.0 Å². The molecule has 0 aromatic heterocycles. The Bertz CT molecular complexity index is 983. The van der Waals surface area contributed by atoms with Gasteiger partial charge in [0.25, 0.3) is 0 Å². The highest BCUT2D eigenvalue weighted by Gasteiger charge is 2.37. The first kappa shape index (κ1) is 16.8. The van der Waals surface area contributed by atoms with Crippen LogP contribution < -0.4 is 5.32 Å². The van der Waals surface area contributed by atoms with Crippen molar-refractivity contribution in [3.05, 3.63) is 84.9 Å². The lowest BCUT2D eigenvalue weighted by atomic mass is 10.1. The van der Waals surface area contributed by atoms with Gasteiger partial charge in [-0.15, -0.1) is 0 Å². The van der Waals surface area contributed by atoms with Crippen molar-refractivity contribution in [2.24, 2.45) is 0 Å². The summed E-state index contributed by atoms with van der Waals surface area (Å²) >= 11 is 0. The molecule has 0 amide bonds. The summed E-state index contributed by atoms with van der Waals surface area (Å²) in [4.78, 5) is 0.365. The maximum Gasteiger partial charge on any atom is 0.243 e. The average Bonchev–Trinajstić information content (AvgIpc) is 2.66. The van der Waals surface area contributed by atoms with E-state index < -0.39 is 10.0 Å². The van der Waals surface area contributed by atoms with Crippen molar-refractivity contribution in [3.8, 4) is 11.1 Å². The highest BCUT2D eigenvalue weighted by atomic mass is 32.2. The third-order valence-electron chi connectivity index (χ3n) is 4.58. The minimum atomic E-state index is -3.51. The topological polar surface area (TPSA) is 49.4 Å². The van der Waals surface area contributed by atoms with E-state index in [1.165, 1.54) is 4.31 Å². The van der Waals surface area contributed by atoms with Crippen LogP contribution in [0, 0.1) is 0 Å². The molecule has 26 heavy (non-hydrogen) atoms. The lowest BCUT2D eigenvalue weighted by Gasteiger charge is -2.39. The molecule has 1 saturated heterocycles. The summed E-state index contributed by atoms with van der Waals surface area (Å²) in [5.41, 5.74) is 2.66. The molecule has 1 aliphatic heterocycles. The Balaban J connectivity index is 1.54. The van der Waals surface area contributed by atoms with Crippen molar-refractivity contribution < 1.29 is 8.42 Å². The number of anilines is 1. The largest absolute Gasteiger partial charge is 0.380 e. The van der Waals surface area contributed by atoms with Crippen molar-refractivity contribution in [2.45, 2.75) is 10.9 Å². The van der Waals surface area contributed by atoms with E-state index in [1.54, 1.807) is 12.1 Å². The van der Waals surface area contributed by atoms with E-state index in [2.05, 4.69) is 5.32 Å². The van der Waals surface area contributed by atoms with Gasteiger partial charge in [-0.05, 0) is 23.8 Å². The highest BCUT2D eigenvalue weighted by Crippen LogP contribution is 2.31. The van der Waals surface area contributed by atoms with E-state index >= 15 is 0 Å². The first-order chi connectivity index (χ1) is 12.6. The van der Waals surface area contributed by atoms with Gasteiger partial charge in [-0.3, -0.25) is 0 Å². The van der Waals surface area contributed by atoms with Crippen molar-refractivity contribution >= 4 is 15.7 Å². The van der Waals surface area contributed by atoms with Crippen LogP contribution in [0.1, 0.15) is 0 Å². The van der Waals surface area contributed by atoms with Gasteiger partial charge in [-0.2, -0.15) is 4.31 Å². The van der Waals surface area contributed by atoms with Crippen molar-refractivity contribution in [1.29, 1.82) is 0 Å². The number of benzene rings is 3. The molecule has 132 valence electrons. The van der Waals surface area contributed by atoms with Crippen LogP contribution in [0.2, 0.25) is 0 Å². The minimum Gasteiger partial charge on any atom is -0.380 e. The molecule has 1 aliphatic rings. The molecule has 0 spiro atoms. The minimum absolute atomic E-state index is 0.135. The zero-order valence-corrected chi connectivity index (χ0v) is 15.1. The summed E-state index contributed by atoms with van der Waals surface area (Å²) in [5.74, 6) is 0. The molecule has 0 unspecified atom stereocenters. The number of nitrogens with one attached hydrogen (secondary N) is 1. The van der Waals surface area contributed by atoms with Gasteiger partial charge in [0.2, 0.25) is 10.0 Å². The normalized spacial score (nSPS) is 15.4. The molecule has 0 radical (unpaired) electrons. The third kappa shape index (κ3) is 3.23. The maximum atomic E-state index is 13.1. The maximum absolute atomic E-state index is 13.1. The van der Waals surface area contributed by atoms with Gasteiger partial charge < -0.3 is 5.32 Å². The van der Waals surface area contributed by atoms with Gasteiger partial charge in [0, 0.05) is 24.3 Å². The van der Waals surface area contributed by atoms with Crippen LogP contribution in [-0.4, -0.2) is 31.9 Å². The van der Waals surface area contributed by atoms with E-state index in [0.29, 0.717) is 18.0 Å². The van der Waals surface area contributed by atoms with Gasteiger partial charge in [0.15, 0.2) is 0 Å². The molecule has 4 nitrogen and oxygen atoms in total. The predicted octanol–water partition coefficient (Wildman–Crippen LogP) is 3.84. The first-order valence-electron chi connectivity index (χ1n) is 8.61. The summed E-state index contributed by atoms with van der Waals surface area (Å²) in [6.45, 7) is 0.945. The van der Waals surface area contributed by atoms with Crippen LogP contribution in [0.4, 0.5) is 5.69 Å². The molecule has 5 heteroatoms. The number of nitrogens with zero attached hydrogens (tertiary/aromatic N) is 1. The van der Waals surface area contributed by atoms with Gasteiger partial charge in [-0.25, -0.2) is 8.42 Å². The van der Waals surface area contributed by atoms with Gasteiger partial charge in [0.05, 0.1) is 10.9 Å². The molecule has 0 aliphatic carbocycles. The second-order valence-electron chi connectivity index (χ2n) is 6.39. The monoisotopic (exact) mass is 364 g/mol. The van der Waals surface area contributed by atoms with Crippen LogP contribution in [0.25, 0.3) is 11.1 Å². The quantitative estimate of drug-likeness (QED) is 0.748. The Kier molecular flexibility index (Phi) is 4.49. The van der Waals surface area contributed by atoms with Gasteiger partial charge >= 0.3 is 0 Å². The molecule has 0 bridgehead atoms. The fourth-order valence-electron chi connectivity index (χ4n) is 3.18. The lowest BCUT2D eigenvalue weighted by Crippen LogP contribution is -2.56. The molecule has 3 aromatic rings. The van der Waals surface area contributed by atoms with Crippen LogP contribution in [0.3, 0.4) is 0 Å². The Morgan fingerprint density at radius 3 is 2.04 bits per heavy atom. The smallest absolute Gasteiger partial charge is 0.243 e. The van der Waals surface area contributed by atoms with E-state index in [-0.39, 0.29) is 6.04 Å². The Hall–Kier alpha value is -2.63. The summed E-state index contributed by atoms with van der Waals surface area (Å²) in [5, 5.41) is 3.37. The molecule has 0 atom stereocenters. The summed E-state index contributed by atoms with van der Waals surface area (Å²) in [6, 6.07) is 26.8. The van der Waals surface area contributed by atoms with Crippen LogP contribution >= 0.6 is 0 Å². The van der Waals surface area contributed by atoms with E-state index in [0.717, 1.165) is 16.8 Å². The molecule has 1 heterocycles. The second kappa shape index (κ2) is 6.94. The highest BCUT2D eigenvalue weighted by molar-refractivity contribution is 7.89. The molecular formula is C21H20N2O2S. The molecule has 4 rings (SSSR count). The molecule has 0 saturated carbocycles. The zero-order valence-electron chi connectivity index (χ0n) is 14.2. The number of hydrogen-bond donors (Lipinski definition) is 1. The van der Waals surface area contributed by atoms with Crippen LogP contribution in [0.5, 0.6) is 0 Å². The molecule has 3 aromatic carbocycles. The number of rotatable bonds is 5. The molecule has 1 fully saturated rings. The molecule has 1 N–H and O–H groups in total. The summed E-state index contributed by atoms with van der Waals surface area (Å²) in [6.07, 6.45) is 0. The SMILES string of the molecule is O=S(=O)(c1ccccc1-c1ccccc1)N1CC(Nc2ccccc2)C1. The van der Waals surface area contributed by atoms with Crippen molar-refractivity contribution in [1.82, 2.24) is 4.31 Å². The Labute approximate surface area is 154 Å². The van der Waals surface area contributed by atoms with E-state index in [1.807, 2.05) is 72.8 Å². The van der Waals surface area contributed by atoms with Gasteiger partial charge in [0.1, 0.15) is 0 Å². The molecular weight excluding hydrogens is 344 g/mol. The van der Waals surface area contributed by atoms with Crippen molar-refractivity contribution in [2.75, 3.05) is 18.4 Å². The van der Waals surface area contributed by atoms with Crippen LogP contribution in [0.15, 0.2) is 89.8 Å². The second-order valence-corrected chi connectivity index (χ2v) is 8.30. The zero-order chi connectivity index (χ0) is 18.0. The standard InChI is InChI=1S/C21H20N2O2S/c24-26(25,23-15-19(16-23)22-18-11-5-2-6-12-18)21-14-8-7-13-20(21)17-9-3-1-4-10-17/h1-14,19,22H,15-16H2. The third-order valence-corrected chi connectivity index (χ3v) is 6.47.